The van der Waals surface area contributed by atoms with E-state index in [2.05, 4.69) is 22.4 Å². The van der Waals surface area contributed by atoms with Gasteiger partial charge in [0.15, 0.2) is 0 Å². The van der Waals surface area contributed by atoms with Crippen molar-refractivity contribution in [1.82, 2.24) is 15.0 Å². The average Bonchev–Trinajstić information content (AvgIpc) is 2.96. The van der Waals surface area contributed by atoms with Crippen molar-refractivity contribution in [3.63, 3.8) is 0 Å². The summed E-state index contributed by atoms with van der Waals surface area (Å²) in [5.41, 5.74) is 2.07. The molecule has 0 aliphatic heterocycles. The van der Waals surface area contributed by atoms with E-state index in [1.165, 1.54) is 5.56 Å². The molecule has 3 aromatic rings. The summed E-state index contributed by atoms with van der Waals surface area (Å²) in [5.74, 6) is 0.840. The third kappa shape index (κ3) is 3.49. The number of ether oxygens (including phenoxy) is 1. The first-order chi connectivity index (χ1) is 10.9. The number of aromatic nitrogens is 3. The van der Waals surface area contributed by atoms with E-state index in [9.17, 15) is 0 Å². The van der Waals surface area contributed by atoms with E-state index in [1.54, 1.807) is 11.8 Å². The van der Waals surface area contributed by atoms with Crippen molar-refractivity contribution >= 4 is 11.8 Å². The van der Waals surface area contributed by atoms with Gasteiger partial charge in [0.25, 0.3) is 0 Å². The van der Waals surface area contributed by atoms with Gasteiger partial charge in [0, 0.05) is 0 Å². The Labute approximate surface area is 134 Å². The molecule has 22 heavy (non-hydrogen) atoms. The highest BCUT2D eigenvalue weighted by atomic mass is 32.2. The Balaban J connectivity index is 1.73. The van der Waals surface area contributed by atoms with Gasteiger partial charge in [-0.25, -0.2) is 4.68 Å². The molecule has 0 bridgehead atoms. The lowest BCUT2D eigenvalue weighted by atomic mass is 10.2. The van der Waals surface area contributed by atoms with Crippen LogP contribution in [0, 0.1) is 0 Å². The monoisotopic (exact) mass is 311 g/mol. The molecule has 0 aliphatic carbocycles. The summed E-state index contributed by atoms with van der Waals surface area (Å²) in [5, 5.41) is 9.57. The van der Waals surface area contributed by atoms with Crippen LogP contribution in [0.25, 0.3) is 0 Å². The van der Waals surface area contributed by atoms with Gasteiger partial charge in [0.2, 0.25) is 0 Å². The van der Waals surface area contributed by atoms with E-state index in [-0.39, 0.29) is 0 Å². The molecule has 112 valence electrons. The van der Waals surface area contributed by atoms with Crippen LogP contribution in [0.3, 0.4) is 0 Å². The Morgan fingerprint density at radius 1 is 1.00 bits per heavy atom. The molecule has 0 N–H and O–H groups in total. The summed E-state index contributed by atoms with van der Waals surface area (Å²) >= 11 is 1.64. The van der Waals surface area contributed by atoms with Gasteiger partial charge in [-0.2, -0.15) is 0 Å². The minimum atomic E-state index is 0.426. The maximum atomic E-state index is 5.77. The lowest BCUT2D eigenvalue weighted by Crippen LogP contribution is -2.04. The summed E-state index contributed by atoms with van der Waals surface area (Å²) in [6, 6.07) is 20.0. The molecule has 5 heteroatoms. The maximum absolute atomic E-state index is 5.77. The molecule has 4 nitrogen and oxygen atoms in total. The van der Waals surface area contributed by atoms with E-state index < -0.39 is 0 Å². The molecule has 2 aromatic carbocycles. The second kappa shape index (κ2) is 7.13. The molecule has 0 saturated carbocycles. The van der Waals surface area contributed by atoms with E-state index in [0.717, 1.165) is 23.0 Å². The number of benzene rings is 2. The molecule has 0 atom stereocenters. The van der Waals surface area contributed by atoms with Crippen molar-refractivity contribution < 1.29 is 4.74 Å². The van der Waals surface area contributed by atoms with Crippen LogP contribution in [-0.4, -0.2) is 21.2 Å². The van der Waals surface area contributed by atoms with E-state index >= 15 is 0 Å². The average molecular weight is 311 g/mol. The van der Waals surface area contributed by atoms with Gasteiger partial charge in [-0.15, -0.1) is 16.9 Å². The topological polar surface area (TPSA) is 39.9 Å². The number of hydrogen-bond acceptors (Lipinski definition) is 4. The summed E-state index contributed by atoms with van der Waals surface area (Å²) in [7, 11) is 0. The van der Waals surface area contributed by atoms with E-state index in [4.69, 9.17) is 4.74 Å². The quantitative estimate of drug-likeness (QED) is 0.652. The molecule has 0 spiro atoms. The van der Waals surface area contributed by atoms with Crippen LogP contribution in [0.15, 0.2) is 65.7 Å². The zero-order valence-corrected chi connectivity index (χ0v) is 13.2. The Hall–Kier alpha value is -2.27. The summed E-state index contributed by atoms with van der Waals surface area (Å²) in [4.78, 5) is 0. The first-order valence-electron chi connectivity index (χ1n) is 7.05. The van der Waals surface area contributed by atoms with Crippen LogP contribution in [-0.2, 0) is 13.2 Å². The van der Waals surface area contributed by atoms with Crippen molar-refractivity contribution in [2.45, 2.75) is 18.2 Å². The van der Waals surface area contributed by atoms with Crippen molar-refractivity contribution in [3.05, 3.63) is 71.9 Å². The van der Waals surface area contributed by atoms with Gasteiger partial charge in [-0.3, -0.25) is 0 Å². The predicted octanol–water partition coefficient (Wildman–Crippen LogP) is 3.63. The molecule has 0 amide bonds. The first kappa shape index (κ1) is 14.7. The summed E-state index contributed by atoms with van der Waals surface area (Å²) in [6.45, 7) is 1.14. The van der Waals surface area contributed by atoms with Crippen LogP contribution in [0.2, 0.25) is 0 Å². The van der Waals surface area contributed by atoms with Crippen LogP contribution in [0.4, 0.5) is 0 Å². The van der Waals surface area contributed by atoms with Gasteiger partial charge >= 0.3 is 0 Å². The van der Waals surface area contributed by atoms with Crippen molar-refractivity contribution in [2.75, 3.05) is 6.26 Å². The second-order valence-electron chi connectivity index (χ2n) is 4.79. The number of para-hydroxylation sites is 1. The van der Waals surface area contributed by atoms with Gasteiger partial charge in [0.1, 0.15) is 23.1 Å². The SMILES string of the molecule is CSc1c(COc2ccccc2)nnn1Cc1ccccc1. The lowest BCUT2D eigenvalue weighted by molar-refractivity contribution is 0.298. The van der Waals surface area contributed by atoms with Crippen LogP contribution >= 0.6 is 11.8 Å². The largest absolute Gasteiger partial charge is 0.487 e. The minimum Gasteiger partial charge on any atom is -0.487 e. The highest BCUT2D eigenvalue weighted by Crippen LogP contribution is 2.21. The van der Waals surface area contributed by atoms with Crippen LogP contribution in [0.5, 0.6) is 5.75 Å². The molecule has 0 saturated heterocycles. The number of hydrogen-bond donors (Lipinski definition) is 0. The summed E-state index contributed by atoms with van der Waals surface area (Å²) < 4.78 is 7.69. The third-order valence-corrected chi connectivity index (χ3v) is 4.08. The molecule has 0 aliphatic rings. The Bertz CT molecular complexity index is 713. The number of nitrogens with zero attached hydrogens (tertiary/aromatic N) is 3. The highest BCUT2D eigenvalue weighted by Gasteiger charge is 2.13. The molecule has 3 rings (SSSR count). The highest BCUT2D eigenvalue weighted by molar-refractivity contribution is 7.98. The van der Waals surface area contributed by atoms with E-state index in [1.807, 2.05) is 59.5 Å². The molecular weight excluding hydrogens is 294 g/mol. The van der Waals surface area contributed by atoms with Crippen LogP contribution < -0.4 is 4.74 Å². The molecule has 0 radical (unpaired) electrons. The Kier molecular flexibility index (Phi) is 4.75. The van der Waals surface area contributed by atoms with Crippen molar-refractivity contribution in [1.29, 1.82) is 0 Å². The van der Waals surface area contributed by atoms with Crippen molar-refractivity contribution in [3.8, 4) is 5.75 Å². The zero-order valence-electron chi connectivity index (χ0n) is 12.3. The van der Waals surface area contributed by atoms with E-state index in [0.29, 0.717) is 6.61 Å². The molecule has 0 fully saturated rings. The fourth-order valence-electron chi connectivity index (χ4n) is 2.18. The van der Waals surface area contributed by atoms with Gasteiger partial charge in [-0.1, -0.05) is 53.7 Å². The van der Waals surface area contributed by atoms with Gasteiger partial charge in [0.05, 0.1) is 6.54 Å². The molecule has 1 heterocycles. The van der Waals surface area contributed by atoms with Gasteiger partial charge in [-0.05, 0) is 24.0 Å². The Morgan fingerprint density at radius 2 is 1.68 bits per heavy atom. The van der Waals surface area contributed by atoms with Crippen molar-refractivity contribution in [2.24, 2.45) is 0 Å². The standard InChI is InChI=1S/C17H17N3OS/c1-22-17-16(13-21-15-10-6-3-7-11-15)18-19-20(17)12-14-8-4-2-5-9-14/h2-11H,12-13H2,1H3. The minimum absolute atomic E-state index is 0.426. The van der Waals surface area contributed by atoms with Gasteiger partial charge < -0.3 is 4.74 Å². The first-order valence-corrected chi connectivity index (χ1v) is 8.27. The molecule has 1 aromatic heterocycles. The number of thioether (sulfide) groups is 1. The maximum Gasteiger partial charge on any atom is 0.135 e. The zero-order chi connectivity index (χ0) is 15.2. The van der Waals surface area contributed by atoms with Crippen LogP contribution in [0.1, 0.15) is 11.3 Å². The fraction of sp³-hybridized carbons (Fsp3) is 0.176. The lowest BCUT2D eigenvalue weighted by Gasteiger charge is -2.07. The Morgan fingerprint density at radius 3 is 2.36 bits per heavy atom. The fourth-order valence-corrected chi connectivity index (χ4v) is 2.83. The smallest absolute Gasteiger partial charge is 0.135 e. The summed E-state index contributed by atoms with van der Waals surface area (Å²) in [6.07, 6.45) is 2.03. The molecule has 0 unspecified atom stereocenters. The second-order valence-corrected chi connectivity index (χ2v) is 5.59. The predicted molar refractivity (Wildman–Crippen MR) is 88.1 cm³/mol. The normalized spacial score (nSPS) is 10.6. The third-order valence-electron chi connectivity index (χ3n) is 3.24. The molecular formula is C17H17N3OS. The number of rotatable bonds is 6.